The largest absolute Gasteiger partial charge is 0.367 e. The van der Waals surface area contributed by atoms with Crippen molar-refractivity contribution in [2.24, 2.45) is 0 Å². The number of aromatic nitrogens is 1. The summed E-state index contributed by atoms with van der Waals surface area (Å²) in [5.41, 5.74) is 1.34. The Balaban J connectivity index is 1.47. The average Bonchev–Trinajstić information content (AvgIpc) is 2.67. The van der Waals surface area contributed by atoms with Crippen LogP contribution in [0.5, 0.6) is 0 Å². The molecule has 0 unspecified atom stereocenters. The van der Waals surface area contributed by atoms with Gasteiger partial charge in [-0.3, -0.25) is 14.4 Å². The molecule has 2 heterocycles. The van der Waals surface area contributed by atoms with Crippen molar-refractivity contribution in [2.75, 3.05) is 37.6 Å². The highest BCUT2D eigenvalue weighted by atomic mass is 16.2. The predicted molar refractivity (Wildman–Crippen MR) is 94.6 cm³/mol. The Morgan fingerprint density at radius 3 is 2.36 bits per heavy atom. The van der Waals surface area contributed by atoms with Gasteiger partial charge in [-0.05, 0) is 18.2 Å². The lowest BCUT2D eigenvalue weighted by Gasteiger charge is -2.36. The van der Waals surface area contributed by atoms with Gasteiger partial charge in [0.25, 0.3) is 5.91 Å². The van der Waals surface area contributed by atoms with E-state index < -0.39 is 0 Å². The van der Waals surface area contributed by atoms with Crippen LogP contribution < -0.4 is 15.8 Å². The smallest absolute Gasteiger partial charge is 0.251 e. The van der Waals surface area contributed by atoms with Gasteiger partial charge in [0.1, 0.15) is 0 Å². The highest BCUT2D eigenvalue weighted by Gasteiger charge is 2.21. The number of aromatic amines is 1. The highest BCUT2D eigenvalue weighted by Crippen LogP contribution is 2.13. The molecule has 0 saturated carbocycles. The third-order valence-corrected chi connectivity index (χ3v) is 4.20. The quantitative estimate of drug-likeness (QED) is 0.846. The zero-order valence-electron chi connectivity index (χ0n) is 13.8. The molecule has 25 heavy (non-hydrogen) atoms. The lowest BCUT2D eigenvalue weighted by molar-refractivity contribution is -0.130. The minimum atomic E-state index is -0.249. The maximum absolute atomic E-state index is 12.3. The van der Waals surface area contributed by atoms with E-state index in [1.54, 1.807) is 41.4 Å². The number of anilines is 1. The van der Waals surface area contributed by atoms with Crippen molar-refractivity contribution in [3.8, 4) is 0 Å². The van der Waals surface area contributed by atoms with Gasteiger partial charge < -0.3 is 20.1 Å². The van der Waals surface area contributed by atoms with Crippen molar-refractivity contribution in [1.29, 1.82) is 0 Å². The van der Waals surface area contributed by atoms with E-state index in [-0.39, 0.29) is 23.9 Å². The van der Waals surface area contributed by atoms with Gasteiger partial charge in [-0.15, -0.1) is 0 Å². The van der Waals surface area contributed by atoms with E-state index >= 15 is 0 Å². The fourth-order valence-electron chi connectivity index (χ4n) is 2.77. The Labute approximate surface area is 145 Å². The van der Waals surface area contributed by atoms with E-state index in [1.165, 1.54) is 6.07 Å². The molecule has 1 aliphatic heterocycles. The molecule has 0 aliphatic carbocycles. The number of benzene rings is 1. The van der Waals surface area contributed by atoms with Gasteiger partial charge in [0.15, 0.2) is 0 Å². The first-order valence-electron chi connectivity index (χ1n) is 8.18. The van der Waals surface area contributed by atoms with Gasteiger partial charge in [0, 0.05) is 44.0 Å². The van der Waals surface area contributed by atoms with Crippen LogP contribution in [0.2, 0.25) is 0 Å². The highest BCUT2D eigenvalue weighted by molar-refractivity contribution is 5.96. The first-order chi connectivity index (χ1) is 12.1. The third-order valence-electron chi connectivity index (χ3n) is 4.20. The topological polar surface area (TPSA) is 85.5 Å². The van der Waals surface area contributed by atoms with Gasteiger partial charge in [0.2, 0.25) is 11.5 Å². The summed E-state index contributed by atoms with van der Waals surface area (Å²) in [6.07, 6.45) is 1.68. The Kier molecular flexibility index (Phi) is 5.13. The van der Waals surface area contributed by atoms with Crippen molar-refractivity contribution in [1.82, 2.24) is 15.2 Å². The zero-order valence-corrected chi connectivity index (χ0v) is 13.8. The number of hydrogen-bond acceptors (Lipinski definition) is 4. The second kappa shape index (κ2) is 7.65. The molecule has 2 aromatic rings. The molecule has 0 atom stereocenters. The summed E-state index contributed by atoms with van der Waals surface area (Å²) in [4.78, 5) is 41.9. The molecule has 7 nitrogen and oxygen atoms in total. The number of nitrogens with one attached hydrogen (secondary N) is 2. The maximum atomic E-state index is 12.3. The molecule has 3 rings (SSSR count). The molecule has 1 fully saturated rings. The lowest BCUT2D eigenvalue weighted by Crippen LogP contribution is -2.51. The summed E-state index contributed by atoms with van der Waals surface area (Å²) in [6.45, 7) is 2.53. The Hall–Kier alpha value is -3.09. The van der Waals surface area contributed by atoms with Crippen LogP contribution in [0, 0.1) is 0 Å². The number of carbonyl (C=O) groups is 2. The normalized spacial score (nSPS) is 14.2. The molecule has 2 amide bonds. The number of pyridine rings is 1. The van der Waals surface area contributed by atoms with Crippen LogP contribution >= 0.6 is 0 Å². The monoisotopic (exact) mass is 340 g/mol. The Bertz CT molecular complexity index is 775. The van der Waals surface area contributed by atoms with Crippen molar-refractivity contribution in [3.05, 3.63) is 64.6 Å². The van der Waals surface area contributed by atoms with Crippen LogP contribution in [0.1, 0.15) is 10.4 Å². The molecule has 0 spiro atoms. The predicted octanol–water partition coefficient (Wildman–Crippen LogP) is 0.454. The van der Waals surface area contributed by atoms with Crippen LogP contribution in [0.25, 0.3) is 0 Å². The molecule has 7 heteroatoms. The van der Waals surface area contributed by atoms with E-state index in [0.717, 1.165) is 5.69 Å². The Morgan fingerprint density at radius 2 is 1.72 bits per heavy atom. The first kappa shape index (κ1) is 16.8. The summed E-state index contributed by atoms with van der Waals surface area (Å²) in [6, 6.07) is 12.1. The molecule has 1 aromatic heterocycles. The molecule has 1 saturated heterocycles. The number of H-pyrrole nitrogens is 1. The third kappa shape index (κ3) is 4.26. The molecule has 1 aliphatic rings. The fraction of sp³-hybridized carbons (Fsp3) is 0.278. The van der Waals surface area contributed by atoms with Gasteiger partial charge in [-0.2, -0.15) is 0 Å². The van der Waals surface area contributed by atoms with Gasteiger partial charge in [0.05, 0.1) is 12.2 Å². The number of carbonyl (C=O) groups excluding carboxylic acids is 2. The minimum absolute atomic E-state index is 0.00756. The van der Waals surface area contributed by atoms with Crippen LogP contribution in [0.3, 0.4) is 0 Å². The number of hydrogen-bond donors (Lipinski definition) is 2. The summed E-state index contributed by atoms with van der Waals surface area (Å²) in [5.74, 6) is -0.341. The van der Waals surface area contributed by atoms with Crippen molar-refractivity contribution in [3.63, 3.8) is 0 Å². The first-order valence-corrected chi connectivity index (χ1v) is 8.18. The fourth-order valence-corrected chi connectivity index (χ4v) is 2.77. The van der Waals surface area contributed by atoms with E-state index in [9.17, 15) is 14.4 Å². The van der Waals surface area contributed by atoms with E-state index in [1.807, 2.05) is 6.07 Å². The van der Waals surface area contributed by atoms with Crippen molar-refractivity contribution in [2.45, 2.75) is 0 Å². The zero-order chi connectivity index (χ0) is 17.6. The molecule has 0 radical (unpaired) electrons. The van der Waals surface area contributed by atoms with Crippen molar-refractivity contribution < 1.29 is 9.59 Å². The SMILES string of the molecule is O=C(NCC(=O)N1CCN(c2ccc(=O)[nH]c2)CC1)c1ccccc1. The van der Waals surface area contributed by atoms with E-state index in [0.29, 0.717) is 31.7 Å². The molecular weight excluding hydrogens is 320 g/mol. The van der Waals surface area contributed by atoms with Gasteiger partial charge >= 0.3 is 0 Å². The molecule has 2 N–H and O–H groups in total. The molecule has 0 bridgehead atoms. The minimum Gasteiger partial charge on any atom is -0.367 e. The van der Waals surface area contributed by atoms with Crippen LogP contribution in [-0.2, 0) is 4.79 Å². The average molecular weight is 340 g/mol. The second-order valence-electron chi connectivity index (χ2n) is 5.83. The number of rotatable bonds is 4. The second-order valence-corrected chi connectivity index (χ2v) is 5.83. The summed E-state index contributed by atoms with van der Waals surface area (Å²) >= 11 is 0. The Morgan fingerprint density at radius 1 is 1.00 bits per heavy atom. The standard InChI is InChI=1S/C18H20N4O3/c23-16-7-6-15(12-19-16)21-8-10-22(11-9-21)17(24)13-20-18(25)14-4-2-1-3-5-14/h1-7,12H,8-11,13H2,(H,19,23)(H,20,25). The molecular formula is C18H20N4O3. The molecule has 130 valence electrons. The van der Waals surface area contributed by atoms with Crippen LogP contribution in [0.15, 0.2) is 53.5 Å². The summed E-state index contributed by atoms with van der Waals surface area (Å²) in [5, 5.41) is 2.66. The van der Waals surface area contributed by atoms with Crippen LogP contribution in [0.4, 0.5) is 5.69 Å². The number of piperazine rings is 1. The number of amides is 2. The van der Waals surface area contributed by atoms with Gasteiger partial charge in [-0.1, -0.05) is 18.2 Å². The maximum Gasteiger partial charge on any atom is 0.251 e. The van der Waals surface area contributed by atoms with E-state index in [4.69, 9.17) is 0 Å². The van der Waals surface area contributed by atoms with Gasteiger partial charge in [-0.25, -0.2) is 0 Å². The van der Waals surface area contributed by atoms with Crippen molar-refractivity contribution >= 4 is 17.5 Å². The number of nitrogens with zero attached hydrogens (tertiary/aromatic N) is 2. The summed E-state index contributed by atoms with van der Waals surface area (Å²) in [7, 11) is 0. The summed E-state index contributed by atoms with van der Waals surface area (Å²) < 4.78 is 0. The van der Waals surface area contributed by atoms with Crippen LogP contribution in [-0.4, -0.2) is 54.4 Å². The molecule has 1 aromatic carbocycles. The van der Waals surface area contributed by atoms with E-state index in [2.05, 4.69) is 15.2 Å². The lowest BCUT2D eigenvalue weighted by atomic mass is 10.2.